The third-order valence-electron chi connectivity index (χ3n) is 4.46. The molecule has 0 fully saturated rings. The largest absolute Gasteiger partial charge is 0.357 e. The van der Waals surface area contributed by atoms with E-state index in [1.165, 1.54) is 55.3 Å². The van der Waals surface area contributed by atoms with E-state index in [2.05, 4.69) is 5.32 Å². The molecule has 0 aliphatic heterocycles. The molecule has 2 rings (SSSR count). The van der Waals surface area contributed by atoms with Crippen LogP contribution < -0.4 is 9.62 Å². The van der Waals surface area contributed by atoms with Gasteiger partial charge in [-0.15, -0.1) is 0 Å². The Morgan fingerprint density at radius 3 is 2.33 bits per heavy atom. The maximum Gasteiger partial charge on any atom is 0.244 e. The number of hydrogen-bond donors (Lipinski definition) is 1. The number of sulfonamides is 1. The highest BCUT2D eigenvalue weighted by atomic mass is 35.5. The van der Waals surface area contributed by atoms with E-state index in [1.807, 2.05) is 0 Å². The lowest BCUT2D eigenvalue weighted by Gasteiger charge is -2.31. The zero-order valence-corrected chi connectivity index (χ0v) is 18.4. The summed E-state index contributed by atoms with van der Waals surface area (Å²) in [5.74, 6) is -1.44. The van der Waals surface area contributed by atoms with Crippen molar-refractivity contribution in [3.8, 4) is 0 Å². The number of benzene rings is 2. The average molecular weight is 456 g/mol. The lowest BCUT2D eigenvalue weighted by molar-refractivity contribution is -0.139. The Morgan fingerprint density at radius 1 is 1.17 bits per heavy atom. The van der Waals surface area contributed by atoms with Crippen LogP contribution in [-0.4, -0.2) is 51.0 Å². The second-order valence-electron chi connectivity index (χ2n) is 6.69. The van der Waals surface area contributed by atoms with Crippen molar-refractivity contribution < 1.29 is 22.4 Å². The van der Waals surface area contributed by atoms with Crippen molar-refractivity contribution in [2.24, 2.45) is 0 Å². The molecule has 1 unspecified atom stereocenters. The Labute approximate surface area is 180 Å². The van der Waals surface area contributed by atoms with Gasteiger partial charge in [0.05, 0.1) is 11.9 Å². The van der Waals surface area contributed by atoms with Gasteiger partial charge in [0, 0.05) is 18.6 Å². The van der Waals surface area contributed by atoms with Crippen LogP contribution in [0.1, 0.15) is 12.5 Å². The summed E-state index contributed by atoms with van der Waals surface area (Å²) in [6, 6.07) is 10.7. The van der Waals surface area contributed by atoms with E-state index in [9.17, 15) is 22.4 Å². The lowest BCUT2D eigenvalue weighted by atomic mass is 10.1. The Balaban J connectivity index is 2.36. The van der Waals surface area contributed by atoms with Crippen molar-refractivity contribution in [1.29, 1.82) is 0 Å². The highest BCUT2D eigenvalue weighted by molar-refractivity contribution is 7.92. The van der Waals surface area contributed by atoms with Gasteiger partial charge < -0.3 is 10.2 Å². The van der Waals surface area contributed by atoms with E-state index in [1.54, 1.807) is 12.1 Å². The van der Waals surface area contributed by atoms with Gasteiger partial charge >= 0.3 is 0 Å². The average Bonchev–Trinajstić information content (AvgIpc) is 2.69. The molecule has 0 aliphatic rings. The van der Waals surface area contributed by atoms with Crippen LogP contribution in [0.25, 0.3) is 0 Å². The number of halogens is 2. The summed E-state index contributed by atoms with van der Waals surface area (Å²) in [5.41, 5.74) is 0.821. The van der Waals surface area contributed by atoms with Crippen molar-refractivity contribution in [3.05, 3.63) is 64.9 Å². The van der Waals surface area contributed by atoms with E-state index in [-0.39, 0.29) is 12.2 Å². The SMILES string of the molecule is CNC(=O)C(C)N(Cc1ccc(F)cc1)C(=O)CN(c1cccc(Cl)c1)S(C)(=O)=O. The molecule has 0 bridgehead atoms. The summed E-state index contributed by atoms with van der Waals surface area (Å²) in [4.78, 5) is 26.6. The Morgan fingerprint density at radius 2 is 1.80 bits per heavy atom. The number of carbonyl (C=O) groups is 2. The number of nitrogens with zero attached hydrogens (tertiary/aromatic N) is 2. The van der Waals surface area contributed by atoms with Gasteiger partial charge in [-0.25, -0.2) is 12.8 Å². The van der Waals surface area contributed by atoms with E-state index in [4.69, 9.17) is 11.6 Å². The number of nitrogens with one attached hydrogen (secondary N) is 1. The molecule has 30 heavy (non-hydrogen) atoms. The highest BCUT2D eigenvalue weighted by Gasteiger charge is 2.29. The Hall–Kier alpha value is -2.65. The van der Waals surface area contributed by atoms with Crippen molar-refractivity contribution >= 4 is 39.1 Å². The van der Waals surface area contributed by atoms with Gasteiger partial charge in [-0.3, -0.25) is 13.9 Å². The first-order valence-corrected chi connectivity index (χ1v) is 11.2. The summed E-state index contributed by atoms with van der Waals surface area (Å²) >= 11 is 5.97. The second-order valence-corrected chi connectivity index (χ2v) is 9.03. The Kier molecular flexibility index (Phi) is 7.80. The number of anilines is 1. The maximum absolute atomic E-state index is 13.2. The first-order chi connectivity index (χ1) is 14.0. The molecule has 7 nitrogen and oxygen atoms in total. The molecule has 0 saturated carbocycles. The molecule has 1 N–H and O–H groups in total. The summed E-state index contributed by atoms with van der Waals surface area (Å²) in [7, 11) is -2.38. The van der Waals surface area contributed by atoms with Gasteiger partial charge in [0.1, 0.15) is 18.4 Å². The van der Waals surface area contributed by atoms with E-state index >= 15 is 0 Å². The molecule has 0 aliphatic carbocycles. The minimum Gasteiger partial charge on any atom is -0.357 e. The van der Waals surface area contributed by atoms with Gasteiger partial charge in [-0.1, -0.05) is 29.8 Å². The van der Waals surface area contributed by atoms with Crippen LogP contribution in [0.2, 0.25) is 5.02 Å². The summed E-state index contributed by atoms with van der Waals surface area (Å²) in [6.45, 7) is 1.01. The van der Waals surface area contributed by atoms with Gasteiger partial charge in [0.2, 0.25) is 21.8 Å². The molecule has 0 spiro atoms. The third-order valence-corrected chi connectivity index (χ3v) is 5.83. The molecule has 162 valence electrons. The van der Waals surface area contributed by atoms with E-state index in [0.29, 0.717) is 10.6 Å². The predicted octanol–water partition coefficient (Wildman–Crippen LogP) is 2.41. The topological polar surface area (TPSA) is 86.8 Å². The maximum atomic E-state index is 13.2. The van der Waals surface area contributed by atoms with Crippen LogP contribution in [0, 0.1) is 5.82 Å². The first kappa shape index (κ1) is 23.6. The molecule has 0 aromatic heterocycles. The van der Waals surface area contributed by atoms with E-state index < -0.39 is 40.2 Å². The van der Waals surface area contributed by atoms with Crippen LogP contribution in [-0.2, 0) is 26.2 Å². The molecular weight excluding hydrogens is 433 g/mol. The van der Waals surface area contributed by atoms with Crippen LogP contribution in [0.5, 0.6) is 0 Å². The van der Waals surface area contributed by atoms with E-state index in [0.717, 1.165) is 10.6 Å². The van der Waals surface area contributed by atoms with Gasteiger partial charge in [-0.2, -0.15) is 0 Å². The highest BCUT2D eigenvalue weighted by Crippen LogP contribution is 2.22. The van der Waals surface area contributed by atoms with Crippen molar-refractivity contribution in [2.75, 3.05) is 24.2 Å². The van der Waals surface area contributed by atoms with Crippen molar-refractivity contribution in [1.82, 2.24) is 10.2 Å². The molecule has 1 atom stereocenters. The Bertz CT molecular complexity index is 1010. The molecule has 0 radical (unpaired) electrons. The molecule has 0 heterocycles. The zero-order chi connectivity index (χ0) is 22.5. The second kappa shape index (κ2) is 9.90. The summed E-state index contributed by atoms with van der Waals surface area (Å²) < 4.78 is 38.8. The fraction of sp³-hybridized carbons (Fsp3) is 0.300. The van der Waals surface area contributed by atoms with Crippen LogP contribution >= 0.6 is 11.6 Å². The smallest absolute Gasteiger partial charge is 0.244 e. The standard InChI is InChI=1S/C20H23ClFN3O4S/c1-14(20(27)23-2)24(12-15-7-9-17(22)10-8-15)19(26)13-25(30(3,28)29)18-6-4-5-16(21)11-18/h4-11,14H,12-13H2,1-3H3,(H,23,27). The third kappa shape index (κ3) is 6.17. The van der Waals surface area contributed by atoms with Crippen molar-refractivity contribution in [2.45, 2.75) is 19.5 Å². The van der Waals surface area contributed by atoms with Crippen LogP contribution in [0.15, 0.2) is 48.5 Å². The van der Waals surface area contributed by atoms with Gasteiger partial charge in [-0.05, 0) is 42.8 Å². The number of amides is 2. The molecule has 10 heteroatoms. The van der Waals surface area contributed by atoms with Gasteiger partial charge in [0.25, 0.3) is 0 Å². The fourth-order valence-corrected chi connectivity index (χ4v) is 3.85. The molecule has 2 amide bonds. The number of rotatable bonds is 8. The first-order valence-electron chi connectivity index (χ1n) is 9.01. The lowest BCUT2D eigenvalue weighted by Crippen LogP contribution is -2.50. The minimum atomic E-state index is -3.82. The molecule has 2 aromatic carbocycles. The number of carbonyl (C=O) groups excluding carboxylic acids is 2. The number of likely N-dealkylation sites (N-methyl/N-ethyl adjacent to an activating group) is 1. The van der Waals surface area contributed by atoms with Crippen LogP contribution in [0.3, 0.4) is 0 Å². The zero-order valence-electron chi connectivity index (χ0n) is 16.8. The minimum absolute atomic E-state index is 0.000841. The van der Waals surface area contributed by atoms with Gasteiger partial charge in [0.15, 0.2) is 0 Å². The summed E-state index contributed by atoms with van der Waals surface area (Å²) in [6.07, 6.45) is 0.980. The predicted molar refractivity (Wildman–Crippen MR) is 114 cm³/mol. The quantitative estimate of drug-likeness (QED) is 0.662. The summed E-state index contributed by atoms with van der Waals surface area (Å²) in [5, 5.41) is 2.79. The molecule has 0 saturated heterocycles. The normalized spacial score (nSPS) is 12.2. The van der Waals surface area contributed by atoms with Crippen LogP contribution in [0.4, 0.5) is 10.1 Å². The molecule has 2 aromatic rings. The molecular formula is C20H23ClFN3O4S. The van der Waals surface area contributed by atoms with Crippen molar-refractivity contribution in [3.63, 3.8) is 0 Å². The number of hydrogen-bond acceptors (Lipinski definition) is 4. The fourth-order valence-electron chi connectivity index (χ4n) is 2.82. The monoisotopic (exact) mass is 455 g/mol.